The van der Waals surface area contributed by atoms with Gasteiger partial charge in [-0.15, -0.1) is 0 Å². The minimum absolute atomic E-state index is 0.160. The first-order chi connectivity index (χ1) is 14.0. The molecule has 1 saturated heterocycles. The van der Waals surface area contributed by atoms with E-state index in [-0.39, 0.29) is 18.0 Å². The van der Waals surface area contributed by atoms with Crippen molar-refractivity contribution in [3.63, 3.8) is 0 Å². The predicted octanol–water partition coefficient (Wildman–Crippen LogP) is 1.23. The Kier molecular flexibility index (Phi) is 6.72. The molecule has 7 heteroatoms. The molecule has 154 valence electrons. The van der Waals surface area contributed by atoms with Gasteiger partial charge in [0.25, 0.3) is 5.91 Å². The lowest BCUT2D eigenvalue weighted by Gasteiger charge is -2.24. The van der Waals surface area contributed by atoms with Crippen molar-refractivity contribution in [1.82, 2.24) is 10.2 Å². The first-order valence-corrected chi connectivity index (χ1v) is 9.74. The van der Waals surface area contributed by atoms with Crippen LogP contribution >= 0.6 is 0 Å². The maximum Gasteiger partial charge on any atom is 0.324 e. The molecule has 0 bridgehead atoms. The van der Waals surface area contributed by atoms with E-state index < -0.39 is 0 Å². The molecule has 2 atom stereocenters. The minimum atomic E-state index is -0.334. The van der Waals surface area contributed by atoms with E-state index in [4.69, 9.17) is 9.47 Å². The monoisotopic (exact) mass is 398 g/mol. The van der Waals surface area contributed by atoms with Crippen molar-refractivity contribution in [3.8, 4) is 11.5 Å². The number of quaternary nitrogens is 1. The molecule has 0 saturated carbocycles. The number of carbonyl (C=O) groups is 2. The maximum atomic E-state index is 12.6. The lowest BCUT2D eigenvalue weighted by atomic mass is 10.1. The zero-order chi connectivity index (χ0) is 20.8. The van der Waals surface area contributed by atoms with Gasteiger partial charge in [-0.2, -0.15) is 0 Å². The second-order valence-corrected chi connectivity index (χ2v) is 7.23. The van der Waals surface area contributed by atoms with Crippen molar-refractivity contribution >= 4 is 11.9 Å². The molecular weight excluding hydrogens is 370 g/mol. The number of nitrogens with one attached hydrogen (secondary N) is 2. The second-order valence-electron chi connectivity index (χ2n) is 7.23. The van der Waals surface area contributed by atoms with E-state index in [0.29, 0.717) is 37.7 Å². The fraction of sp³-hybridized carbons (Fsp3) is 0.364. The summed E-state index contributed by atoms with van der Waals surface area (Å²) < 4.78 is 11.4. The first kappa shape index (κ1) is 20.7. The lowest BCUT2D eigenvalue weighted by molar-refractivity contribution is -0.908. The summed E-state index contributed by atoms with van der Waals surface area (Å²) in [4.78, 5) is 26.6. The molecule has 2 aromatic rings. The van der Waals surface area contributed by atoms with Gasteiger partial charge in [0.2, 0.25) is 0 Å². The van der Waals surface area contributed by atoms with Gasteiger partial charge in [-0.25, -0.2) is 4.79 Å². The quantitative estimate of drug-likeness (QED) is 0.702. The van der Waals surface area contributed by atoms with Crippen LogP contribution in [-0.4, -0.2) is 50.1 Å². The smallest absolute Gasteiger partial charge is 0.324 e. The van der Waals surface area contributed by atoms with Crippen LogP contribution in [0.3, 0.4) is 0 Å². The van der Waals surface area contributed by atoms with Crippen LogP contribution in [0, 0.1) is 0 Å². The number of ether oxygens (including phenoxy) is 2. The Morgan fingerprint density at radius 2 is 1.93 bits per heavy atom. The van der Waals surface area contributed by atoms with E-state index >= 15 is 0 Å². The van der Waals surface area contributed by atoms with Crippen LogP contribution in [0.2, 0.25) is 0 Å². The molecule has 2 aromatic carbocycles. The third-order valence-electron chi connectivity index (χ3n) is 5.18. The van der Waals surface area contributed by atoms with Gasteiger partial charge in [0.1, 0.15) is 13.2 Å². The van der Waals surface area contributed by atoms with Crippen LogP contribution in [0.25, 0.3) is 0 Å². The van der Waals surface area contributed by atoms with Crippen molar-refractivity contribution in [2.45, 2.75) is 26.1 Å². The number of rotatable bonds is 8. The number of imide groups is 1. The molecule has 3 amide bonds. The fourth-order valence-corrected chi connectivity index (χ4v) is 3.28. The number of urea groups is 1. The Morgan fingerprint density at radius 3 is 2.59 bits per heavy atom. The number of likely N-dealkylation sites (N-methyl/N-ethyl adjacent to an activating group) is 1. The van der Waals surface area contributed by atoms with Crippen LogP contribution in [0.1, 0.15) is 18.1 Å². The molecule has 0 aliphatic carbocycles. The van der Waals surface area contributed by atoms with Gasteiger partial charge in [0.05, 0.1) is 14.2 Å². The highest BCUT2D eigenvalue weighted by Gasteiger charge is 2.33. The topological polar surface area (TPSA) is 72.3 Å². The zero-order valence-electron chi connectivity index (χ0n) is 17.1. The standard InChI is InChI=1S/C22H27N3O4/c1-16(21(26)25-12-11-23-22(25)27)24(2)14-18-9-10-19(20(13-18)28-3)29-15-17-7-5-4-6-8-17/h4-10,13,16H,11-12,14-15H2,1-3H3,(H,23,27)/p+1/t16-/m0/s1. The van der Waals surface area contributed by atoms with Gasteiger partial charge in [0, 0.05) is 18.7 Å². The molecule has 3 rings (SSSR count). The number of amides is 3. The summed E-state index contributed by atoms with van der Waals surface area (Å²) in [5.41, 5.74) is 2.11. The Bertz CT molecular complexity index is 856. The van der Waals surface area contributed by atoms with Crippen LogP contribution in [0.15, 0.2) is 48.5 Å². The van der Waals surface area contributed by atoms with Crippen molar-refractivity contribution in [3.05, 3.63) is 59.7 Å². The van der Waals surface area contributed by atoms with Gasteiger partial charge in [-0.1, -0.05) is 30.3 Å². The Morgan fingerprint density at radius 1 is 1.17 bits per heavy atom. The first-order valence-electron chi connectivity index (χ1n) is 9.74. The van der Waals surface area contributed by atoms with E-state index in [1.54, 1.807) is 7.11 Å². The predicted molar refractivity (Wildman–Crippen MR) is 109 cm³/mol. The minimum Gasteiger partial charge on any atom is -0.493 e. The molecule has 0 spiro atoms. The Labute approximate surface area is 171 Å². The third-order valence-corrected chi connectivity index (χ3v) is 5.18. The lowest BCUT2D eigenvalue weighted by Crippen LogP contribution is -3.12. The van der Waals surface area contributed by atoms with E-state index in [1.807, 2.05) is 62.5 Å². The number of hydrogen-bond donors (Lipinski definition) is 2. The van der Waals surface area contributed by atoms with Gasteiger partial charge < -0.3 is 19.7 Å². The largest absolute Gasteiger partial charge is 0.493 e. The molecule has 1 aliphatic heterocycles. The molecular formula is C22H28N3O4+. The second kappa shape index (κ2) is 9.43. The summed E-state index contributed by atoms with van der Waals surface area (Å²) in [7, 11) is 3.56. The molecule has 1 aliphatic rings. The average Bonchev–Trinajstić information content (AvgIpc) is 3.18. The van der Waals surface area contributed by atoms with Crippen LogP contribution < -0.4 is 19.7 Å². The van der Waals surface area contributed by atoms with Crippen LogP contribution in [0.5, 0.6) is 11.5 Å². The van der Waals surface area contributed by atoms with Crippen molar-refractivity contribution in [2.75, 3.05) is 27.2 Å². The average molecular weight is 398 g/mol. The van der Waals surface area contributed by atoms with Gasteiger partial charge in [-0.05, 0) is 30.7 Å². The van der Waals surface area contributed by atoms with Crippen molar-refractivity contribution in [2.24, 2.45) is 0 Å². The number of methoxy groups -OCH3 is 1. The van der Waals surface area contributed by atoms with Crippen molar-refractivity contribution < 1.29 is 24.0 Å². The van der Waals surface area contributed by atoms with Crippen LogP contribution in [-0.2, 0) is 17.9 Å². The van der Waals surface area contributed by atoms with E-state index in [9.17, 15) is 9.59 Å². The maximum absolute atomic E-state index is 12.6. The third kappa shape index (κ3) is 5.06. The summed E-state index contributed by atoms with van der Waals surface area (Å²) in [6, 6.07) is 15.1. The molecule has 29 heavy (non-hydrogen) atoms. The highest BCUT2D eigenvalue weighted by atomic mass is 16.5. The van der Waals surface area contributed by atoms with E-state index in [1.165, 1.54) is 4.90 Å². The van der Waals surface area contributed by atoms with E-state index in [2.05, 4.69) is 5.32 Å². The number of hydrogen-bond acceptors (Lipinski definition) is 4. The number of benzene rings is 2. The molecule has 2 N–H and O–H groups in total. The Balaban J connectivity index is 1.63. The highest BCUT2D eigenvalue weighted by Crippen LogP contribution is 2.28. The summed E-state index contributed by atoms with van der Waals surface area (Å²) >= 11 is 0. The number of nitrogens with zero attached hydrogens (tertiary/aromatic N) is 1. The zero-order valence-corrected chi connectivity index (χ0v) is 17.1. The normalized spacial score (nSPS) is 15.6. The van der Waals surface area contributed by atoms with E-state index in [0.717, 1.165) is 16.0 Å². The highest BCUT2D eigenvalue weighted by molar-refractivity contribution is 5.97. The molecule has 7 nitrogen and oxygen atoms in total. The summed E-state index contributed by atoms with van der Waals surface area (Å²) in [5, 5.41) is 2.67. The van der Waals surface area contributed by atoms with Gasteiger partial charge >= 0.3 is 6.03 Å². The molecule has 1 unspecified atom stereocenters. The molecule has 0 aromatic heterocycles. The summed E-state index contributed by atoms with van der Waals surface area (Å²) in [6.07, 6.45) is 0. The fourth-order valence-electron chi connectivity index (χ4n) is 3.28. The SMILES string of the molecule is COc1cc(C[NH+](C)[C@@H](C)C(=O)N2CCNC2=O)ccc1OCc1ccccc1. The summed E-state index contributed by atoms with van der Waals surface area (Å²) in [5.74, 6) is 1.17. The molecule has 1 heterocycles. The number of carbonyl (C=O) groups excluding carboxylic acids is 2. The van der Waals surface area contributed by atoms with Gasteiger partial charge in [0.15, 0.2) is 17.5 Å². The van der Waals surface area contributed by atoms with Crippen LogP contribution in [0.4, 0.5) is 4.79 Å². The molecule has 0 radical (unpaired) electrons. The summed E-state index contributed by atoms with van der Waals surface area (Å²) in [6.45, 7) is 3.87. The van der Waals surface area contributed by atoms with Crippen molar-refractivity contribution in [1.29, 1.82) is 0 Å². The van der Waals surface area contributed by atoms with Gasteiger partial charge in [-0.3, -0.25) is 9.69 Å². The molecule has 1 fully saturated rings. The Hall–Kier alpha value is -3.06.